The highest BCUT2D eigenvalue weighted by Gasteiger charge is 2.32. The third-order valence-electron chi connectivity index (χ3n) is 3.63. The van der Waals surface area contributed by atoms with Crippen molar-refractivity contribution in [3.05, 3.63) is 17.5 Å². The number of likely N-dealkylation sites (tertiary alicyclic amines) is 1. The predicted octanol–water partition coefficient (Wildman–Crippen LogP) is 1.08. The summed E-state index contributed by atoms with van der Waals surface area (Å²) in [6, 6.07) is 2.42. The van der Waals surface area contributed by atoms with Gasteiger partial charge < -0.3 is 9.84 Å². The van der Waals surface area contributed by atoms with Gasteiger partial charge in [-0.2, -0.15) is 0 Å². The van der Waals surface area contributed by atoms with E-state index < -0.39 is 0 Å². The van der Waals surface area contributed by atoms with Crippen LogP contribution in [-0.2, 0) is 11.3 Å². The fourth-order valence-corrected chi connectivity index (χ4v) is 2.46. The molecule has 98 valence electrons. The van der Waals surface area contributed by atoms with E-state index >= 15 is 0 Å². The normalized spacial score (nSPS) is 24.4. The van der Waals surface area contributed by atoms with E-state index in [-0.39, 0.29) is 11.8 Å². The van der Waals surface area contributed by atoms with E-state index in [9.17, 15) is 4.79 Å². The molecule has 1 aliphatic carbocycles. The molecule has 0 spiro atoms. The van der Waals surface area contributed by atoms with Crippen LogP contribution in [0.25, 0.3) is 0 Å². The van der Waals surface area contributed by atoms with Gasteiger partial charge in [0.05, 0.1) is 11.6 Å². The third-order valence-corrected chi connectivity index (χ3v) is 3.63. The zero-order valence-electron chi connectivity index (χ0n) is 10.7. The zero-order chi connectivity index (χ0) is 12.5. The van der Waals surface area contributed by atoms with Gasteiger partial charge >= 0.3 is 0 Å². The third kappa shape index (κ3) is 2.72. The number of aromatic nitrogens is 1. The molecule has 1 unspecified atom stereocenters. The standard InChI is InChI=1S/C13H19N3O2/c1-9-6-12(15-18-9)8-16-5-4-10(7-16)13(17)14-11-2-3-11/h6,10-11H,2-5,7-8H2,1H3,(H,14,17). The second kappa shape index (κ2) is 4.72. The number of carbonyl (C=O) groups is 1. The quantitative estimate of drug-likeness (QED) is 0.867. The predicted molar refractivity (Wildman–Crippen MR) is 65.8 cm³/mol. The second-order valence-electron chi connectivity index (χ2n) is 5.43. The Morgan fingerprint density at radius 1 is 1.56 bits per heavy atom. The molecule has 2 fully saturated rings. The van der Waals surface area contributed by atoms with Gasteiger partial charge in [-0.15, -0.1) is 0 Å². The Hall–Kier alpha value is -1.36. The van der Waals surface area contributed by atoms with Gasteiger partial charge in [-0.1, -0.05) is 5.16 Å². The molecule has 0 aromatic carbocycles. The van der Waals surface area contributed by atoms with Crippen LogP contribution in [0.2, 0.25) is 0 Å². The molecule has 2 heterocycles. The summed E-state index contributed by atoms with van der Waals surface area (Å²) in [6.45, 7) is 4.48. The number of rotatable bonds is 4. The van der Waals surface area contributed by atoms with Gasteiger partial charge in [-0.05, 0) is 32.7 Å². The van der Waals surface area contributed by atoms with Crippen molar-refractivity contribution >= 4 is 5.91 Å². The van der Waals surface area contributed by atoms with Crippen LogP contribution in [0.15, 0.2) is 10.6 Å². The van der Waals surface area contributed by atoms with Crippen molar-refractivity contribution in [3.8, 4) is 0 Å². The van der Waals surface area contributed by atoms with Crippen LogP contribution in [0.3, 0.4) is 0 Å². The lowest BCUT2D eigenvalue weighted by atomic mass is 10.1. The molecule has 1 saturated heterocycles. The zero-order valence-corrected chi connectivity index (χ0v) is 10.7. The van der Waals surface area contributed by atoms with Crippen molar-refractivity contribution in [2.45, 2.75) is 38.8 Å². The van der Waals surface area contributed by atoms with Crippen molar-refractivity contribution in [1.82, 2.24) is 15.4 Å². The molecule has 18 heavy (non-hydrogen) atoms. The average Bonchev–Trinajstić information content (AvgIpc) is 2.87. The van der Waals surface area contributed by atoms with Crippen LogP contribution in [0.5, 0.6) is 0 Å². The molecule has 5 nitrogen and oxygen atoms in total. The minimum atomic E-state index is 0.151. The van der Waals surface area contributed by atoms with Crippen molar-refractivity contribution in [1.29, 1.82) is 0 Å². The highest BCUT2D eigenvalue weighted by Crippen LogP contribution is 2.23. The monoisotopic (exact) mass is 249 g/mol. The molecule has 3 rings (SSSR count). The van der Waals surface area contributed by atoms with Gasteiger partial charge in [0, 0.05) is 25.2 Å². The number of hydrogen-bond acceptors (Lipinski definition) is 4. The highest BCUT2D eigenvalue weighted by molar-refractivity contribution is 5.79. The van der Waals surface area contributed by atoms with E-state index in [4.69, 9.17) is 4.52 Å². The Labute approximate surface area is 107 Å². The van der Waals surface area contributed by atoms with Crippen LogP contribution < -0.4 is 5.32 Å². The van der Waals surface area contributed by atoms with E-state index in [0.29, 0.717) is 6.04 Å². The first-order valence-corrected chi connectivity index (χ1v) is 6.65. The van der Waals surface area contributed by atoms with Crippen LogP contribution in [0.4, 0.5) is 0 Å². The average molecular weight is 249 g/mol. The Morgan fingerprint density at radius 3 is 3.06 bits per heavy atom. The smallest absolute Gasteiger partial charge is 0.224 e. The molecular formula is C13H19N3O2. The van der Waals surface area contributed by atoms with E-state index in [0.717, 1.165) is 50.4 Å². The number of amides is 1. The Bertz CT molecular complexity index is 439. The van der Waals surface area contributed by atoms with Crippen LogP contribution in [0.1, 0.15) is 30.7 Å². The Kier molecular flexibility index (Phi) is 3.07. The maximum Gasteiger partial charge on any atom is 0.224 e. The summed E-state index contributed by atoms with van der Waals surface area (Å²) < 4.78 is 5.05. The Balaban J connectivity index is 1.49. The fourth-order valence-electron chi connectivity index (χ4n) is 2.46. The number of carbonyl (C=O) groups excluding carboxylic acids is 1. The summed E-state index contributed by atoms with van der Waals surface area (Å²) in [5, 5.41) is 7.07. The summed E-state index contributed by atoms with van der Waals surface area (Å²) >= 11 is 0. The number of aryl methyl sites for hydroxylation is 1. The van der Waals surface area contributed by atoms with Gasteiger partial charge in [-0.25, -0.2) is 0 Å². The van der Waals surface area contributed by atoms with Gasteiger partial charge in [0.1, 0.15) is 5.76 Å². The van der Waals surface area contributed by atoms with Crippen molar-refractivity contribution < 1.29 is 9.32 Å². The van der Waals surface area contributed by atoms with Gasteiger partial charge in [0.15, 0.2) is 0 Å². The molecule has 2 aliphatic rings. The van der Waals surface area contributed by atoms with Crippen molar-refractivity contribution in [2.24, 2.45) is 5.92 Å². The van der Waals surface area contributed by atoms with E-state index in [1.807, 2.05) is 13.0 Å². The number of nitrogens with one attached hydrogen (secondary N) is 1. The lowest BCUT2D eigenvalue weighted by Gasteiger charge is -2.14. The first kappa shape index (κ1) is 11.7. The molecule has 0 radical (unpaired) electrons. The molecule has 1 aromatic heterocycles. The molecule has 1 atom stereocenters. The van der Waals surface area contributed by atoms with Gasteiger partial charge in [0.2, 0.25) is 5.91 Å². The molecule has 1 N–H and O–H groups in total. The van der Waals surface area contributed by atoms with E-state index in [2.05, 4.69) is 15.4 Å². The molecule has 1 aromatic rings. The van der Waals surface area contributed by atoms with Crippen LogP contribution >= 0.6 is 0 Å². The van der Waals surface area contributed by atoms with Crippen LogP contribution in [0, 0.1) is 12.8 Å². The maximum absolute atomic E-state index is 11.9. The fraction of sp³-hybridized carbons (Fsp3) is 0.692. The minimum absolute atomic E-state index is 0.151. The molecule has 1 saturated carbocycles. The van der Waals surface area contributed by atoms with Crippen LogP contribution in [-0.4, -0.2) is 35.1 Å². The largest absolute Gasteiger partial charge is 0.361 e. The topological polar surface area (TPSA) is 58.4 Å². The summed E-state index contributed by atoms with van der Waals surface area (Å²) in [5.74, 6) is 1.22. The first-order valence-electron chi connectivity index (χ1n) is 6.65. The van der Waals surface area contributed by atoms with Crippen molar-refractivity contribution in [3.63, 3.8) is 0 Å². The number of nitrogens with zero attached hydrogens (tertiary/aromatic N) is 2. The molecule has 1 amide bonds. The Morgan fingerprint density at radius 2 is 2.39 bits per heavy atom. The van der Waals surface area contributed by atoms with Gasteiger partial charge in [0.25, 0.3) is 0 Å². The minimum Gasteiger partial charge on any atom is -0.361 e. The molecule has 5 heteroatoms. The van der Waals surface area contributed by atoms with Crippen molar-refractivity contribution in [2.75, 3.05) is 13.1 Å². The second-order valence-corrected chi connectivity index (χ2v) is 5.43. The lowest BCUT2D eigenvalue weighted by Crippen LogP contribution is -2.34. The first-order chi connectivity index (χ1) is 8.70. The number of hydrogen-bond donors (Lipinski definition) is 1. The highest BCUT2D eigenvalue weighted by atomic mass is 16.5. The van der Waals surface area contributed by atoms with Gasteiger partial charge in [-0.3, -0.25) is 9.69 Å². The summed E-state index contributed by atoms with van der Waals surface area (Å²) in [5.41, 5.74) is 0.954. The lowest BCUT2D eigenvalue weighted by molar-refractivity contribution is -0.124. The molecular weight excluding hydrogens is 230 g/mol. The molecule has 0 bridgehead atoms. The summed E-state index contributed by atoms with van der Waals surface area (Å²) in [7, 11) is 0. The van der Waals surface area contributed by atoms with E-state index in [1.165, 1.54) is 0 Å². The summed E-state index contributed by atoms with van der Waals surface area (Å²) in [4.78, 5) is 14.2. The molecule has 1 aliphatic heterocycles. The van der Waals surface area contributed by atoms with E-state index in [1.54, 1.807) is 0 Å². The summed E-state index contributed by atoms with van der Waals surface area (Å²) in [6.07, 6.45) is 3.26. The maximum atomic E-state index is 11.9. The SMILES string of the molecule is Cc1cc(CN2CCC(C(=O)NC3CC3)C2)no1.